The van der Waals surface area contributed by atoms with Gasteiger partial charge in [-0.25, -0.2) is 0 Å². The van der Waals surface area contributed by atoms with Crippen LogP contribution in [0.3, 0.4) is 0 Å². The molecule has 0 radical (unpaired) electrons. The van der Waals surface area contributed by atoms with E-state index in [0.29, 0.717) is 17.0 Å². The largest absolute Gasteiger partial charge is 0.482 e. The van der Waals surface area contributed by atoms with Gasteiger partial charge in [-0.05, 0) is 31.2 Å². The molecular weight excluding hydrogens is 258 g/mol. The van der Waals surface area contributed by atoms with E-state index in [4.69, 9.17) is 4.74 Å². The minimum atomic E-state index is -0.199. The molecule has 1 unspecified atom stereocenters. The highest BCUT2D eigenvalue weighted by atomic mass is 16.5. The van der Waals surface area contributed by atoms with Crippen LogP contribution >= 0.6 is 0 Å². The van der Waals surface area contributed by atoms with Crippen LogP contribution in [0.15, 0.2) is 18.2 Å². The predicted octanol–water partition coefficient (Wildman–Crippen LogP) is 0.451. The van der Waals surface area contributed by atoms with Gasteiger partial charge in [0, 0.05) is 25.2 Å². The van der Waals surface area contributed by atoms with E-state index in [-0.39, 0.29) is 24.5 Å². The molecule has 1 aromatic rings. The summed E-state index contributed by atoms with van der Waals surface area (Å²) in [5, 5.41) is 5.96. The van der Waals surface area contributed by atoms with E-state index in [1.165, 1.54) is 0 Å². The molecule has 3 rings (SSSR count). The molecule has 2 N–H and O–H groups in total. The minimum Gasteiger partial charge on any atom is -0.482 e. The fourth-order valence-corrected chi connectivity index (χ4v) is 2.56. The first-order valence-electron chi connectivity index (χ1n) is 6.70. The van der Waals surface area contributed by atoms with Crippen molar-refractivity contribution in [3.8, 4) is 5.75 Å². The van der Waals surface area contributed by atoms with Crippen LogP contribution in [0.25, 0.3) is 0 Å². The molecule has 0 aliphatic carbocycles. The van der Waals surface area contributed by atoms with Gasteiger partial charge in [-0.15, -0.1) is 0 Å². The highest BCUT2D eigenvalue weighted by Gasteiger charge is 2.25. The molecule has 2 aliphatic rings. The number of hydrogen-bond acceptors (Lipinski definition) is 4. The molecule has 1 fully saturated rings. The average molecular weight is 275 g/mol. The van der Waals surface area contributed by atoms with Gasteiger partial charge in [0.05, 0.1) is 5.69 Å². The van der Waals surface area contributed by atoms with Crippen LogP contribution in [0.1, 0.15) is 16.8 Å². The number of carbonyl (C=O) groups excluding carboxylic acids is 2. The molecule has 0 aromatic heterocycles. The fraction of sp³-hybridized carbons (Fsp3) is 0.429. The van der Waals surface area contributed by atoms with Crippen molar-refractivity contribution >= 4 is 17.5 Å². The number of nitrogens with one attached hydrogen (secondary N) is 2. The molecule has 1 atom stereocenters. The van der Waals surface area contributed by atoms with Crippen molar-refractivity contribution in [3.63, 3.8) is 0 Å². The maximum atomic E-state index is 12.4. The lowest BCUT2D eigenvalue weighted by Gasteiger charge is -2.25. The number of rotatable bonds is 2. The Morgan fingerprint density at radius 2 is 2.30 bits per heavy atom. The Hall–Kier alpha value is -2.08. The Morgan fingerprint density at radius 3 is 3.05 bits per heavy atom. The summed E-state index contributed by atoms with van der Waals surface area (Å²) < 4.78 is 5.28. The summed E-state index contributed by atoms with van der Waals surface area (Å²) in [6, 6.07) is 5.36. The van der Waals surface area contributed by atoms with Crippen LogP contribution in [0, 0.1) is 0 Å². The number of likely N-dealkylation sites (N-methyl/N-ethyl adjacent to an activating group) is 1. The first-order valence-corrected chi connectivity index (χ1v) is 6.70. The van der Waals surface area contributed by atoms with Gasteiger partial charge in [-0.2, -0.15) is 0 Å². The number of nitrogens with zero attached hydrogens (tertiary/aromatic N) is 1. The number of benzene rings is 1. The van der Waals surface area contributed by atoms with Gasteiger partial charge in [0.25, 0.3) is 11.8 Å². The zero-order valence-electron chi connectivity index (χ0n) is 11.3. The van der Waals surface area contributed by atoms with E-state index in [9.17, 15) is 9.59 Å². The summed E-state index contributed by atoms with van der Waals surface area (Å²) in [6.45, 7) is 1.79. The Balaban J connectivity index is 1.81. The third-order valence-corrected chi connectivity index (χ3v) is 3.76. The summed E-state index contributed by atoms with van der Waals surface area (Å²) in [6.07, 6.45) is 0.965. The highest BCUT2D eigenvalue weighted by molar-refractivity contribution is 5.99. The minimum absolute atomic E-state index is 0.0218. The molecule has 20 heavy (non-hydrogen) atoms. The molecule has 1 aromatic carbocycles. The molecule has 6 nitrogen and oxygen atoms in total. The van der Waals surface area contributed by atoms with Crippen molar-refractivity contribution in [2.24, 2.45) is 0 Å². The van der Waals surface area contributed by atoms with Crippen molar-refractivity contribution in [3.05, 3.63) is 23.8 Å². The lowest BCUT2D eigenvalue weighted by atomic mass is 10.1. The summed E-state index contributed by atoms with van der Waals surface area (Å²) >= 11 is 0. The molecular formula is C14H17N3O3. The van der Waals surface area contributed by atoms with E-state index in [1.54, 1.807) is 23.1 Å². The number of ether oxygens (including phenoxy) is 1. The monoisotopic (exact) mass is 275 g/mol. The molecule has 0 spiro atoms. The van der Waals surface area contributed by atoms with E-state index in [2.05, 4.69) is 10.6 Å². The zero-order chi connectivity index (χ0) is 14.1. The second kappa shape index (κ2) is 5.13. The highest BCUT2D eigenvalue weighted by Crippen LogP contribution is 2.29. The van der Waals surface area contributed by atoms with Gasteiger partial charge in [-0.3, -0.25) is 9.59 Å². The first-order chi connectivity index (χ1) is 9.65. The van der Waals surface area contributed by atoms with Crippen molar-refractivity contribution in [1.29, 1.82) is 0 Å². The van der Waals surface area contributed by atoms with Gasteiger partial charge < -0.3 is 20.3 Å². The topological polar surface area (TPSA) is 70.7 Å². The second-order valence-corrected chi connectivity index (χ2v) is 5.11. The third-order valence-electron chi connectivity index (χ3n) is 3.76. The molecule has 2 amide bonds. The Bertz CT molecular complexity index is 553. The smallest absolute Gasteiger partial charge is 0.262 e. The first kappa shape index (κ1) is 12.9. The summed E-state index contributed by atoms with van der Waals surface area (Å²) in [5.74, 6) is 0.364. The van der Waals surface area contributed by atoms with Crippen LogP contribution in [-0.4, -0.2) is 49.5 Å². The van der Waals surface area contributed by atoms with Crippen molar-refractivity contribution in [1.82, 2.24) is 10.2 Å². The normalized spacial score (nSPS) is 20.9. The zero-order valence-corrected chi connectivity index (χ0v) is 11.3. The van der Waals surface area contributed by atoms with Gasteiger partial charge in [0.1, 0.15) is 5.75 Å². The third kappa shape index (κ3) is 2.34. The lowest BCUT2D eigenvalue weighted by molar-refractivity contribution is -0.118. The van der Waals surface area contributed by atoms with Crippen LogP contribution in [0.5, 0.6) is 5.75 Å². The standard InChI is InChI=1S/C14H17N3O3/c1-17(10-4-5-15-7-10)14(19)9-2-3-12-11(6-9)16-13(18)8-20-12/h2-3,6,10,15H,4-5,7-8H2,1H3,(H,16,18). The second-order valence-electron chi connectivity index (χ2n) is 5.11. The summed E-state index contributed by atoms with van der Waals surface area (Å²) in [7, 11) is 1.81. The van der Waals surface area contributed by atoms with E-state index >= 15 is 0 Å². The summed E-state index contributed by atoms with van der Waals surface area (Å²) in [4.78, 5) is 25.5. The van der Waals surface area contributed by atoms with Crippen LogP contribution in [0.4, 0.5) is 5.69 Å². The van der Waals surface area contributed by atoms with Gasteiger partial charge in [0.2, 0.25) is 0 Å². The Labute approximate surface area is 117 Å². The quantitative estimate of drug-likeness (QED) is 0.822. The number of carbonyl (C=O) groups is 2. The summed E-state index contributed by atoms with van der Waals surface area (Å²) in [5.41, 5.74) is 1.12. The molecule has 2 heterocycles. The van der Waals surface area contributed by atoms with Gasteiger partial charge in [0.15, 0.2) is 6.61 Å². The number of anilines is 1. The van der Waals surface area contributed by atoms with Crippen molar-refractivity contribution < 1.29 is 14.3 Å². The Morgan fingerprint density at radius 1 is 1.45 bits per heavy atom. The SMILES string of the molecule is CN(C(=O)c1ccc2c(c1)NC(=O)CO2)C1CCNC1. The maximum absolute atomic E-state index is 12.4. The Kier molecular flexibility index (Phi) is 3.31. The van der Waals surface area contributed by atoms with E-state index in [0.717, 1.165) is 19.5 Å². The van der Waals surface area contributed by atoms with Crippen LogP contribution in [-0.2, 0) is 4.79 Å². The molecule has 6 heteroatoms. The molecule has 106 valence electrons. The van der Waals surface area contributed by atoms with Crippen LogP contribution in [0.2, 0.25) is 0 Å². The lowest BCUT2D eigenvalue weighted by Crippen LogP contribution is -2.38. The van der Waals surface area contributed by atoms with Gasteiger partial charge >= 0.3 is 0 Å². The fourth-order valence-electron chi connectivity index (χ4n) is 2.56. The predicted molar refractivity (Wildman–Crippen MR) is 73.9 cm³/mol. The van der Waals surface area contributed by atoms with E-state index < -0.39 is 0 Å². The molecule has 0 saturated carbocycles. The van der Waals surface area contributed by atoms with E-state index in [1.807, 2.05) is 7.05 Å². The number of hydrogen-bond donors (Lipinski definition) is 2. The maximum Gasteiger partial charge on any atom is 0.262 e. The van der Waals surface area contributed by atoms with Gasteiger partial charge in [-0.1, -0.05) is 0 Å². The molecule has 1 saturated heterocycles. The molecule has 2 aliphatic heterocycles. The number of fused-ring (bicyclic) bond motifs is 1. The van der Waals surface area contributed by atoms with Crippen molar-refractivity contribution in [2.45, 2.75) is 12.5 Å². The average Bonchev–Trinajstić information content (AvgIpc) is 2.99. The van der Waals surface area contributed by atoms with Crippen LogP contribution < -0.4 is 15.4 Å². The van der Waals surface area contributed by atoms with Crippen molar-refractivity contribution in [2.75, 3.05) is 32.1 Å². The number of amides is 2. The molecule has 0 bridgehead atoms.